The number of aliphatic hydroxyl groups is 1. The smallest absolute Gasteiger partial charge is 0.335 e. The first-order chi connectivity index (χ1) is 18.6. The number of benzene rings is 3. The minimum Gasteiger partial charge on any atom is -0.489 e. The van der Waals surface area contributed by atoms with Crippen LogP contribution < -0.4 is 10.1 Å². The number of aliphatic hydroxyl groups excluding tert-OH is 1. The number of ether oxygens (including phenoxy) is 1. The van der Waals surface area contributed by atoms with E-state index in [1.54, 1.807) is 18.5 Å². The van der Waals surface area contributed by atoms with Gasteiger partial charge < -0.3 is 20.3 Å². The third-order valence-electron chi connectivity index (χ3n) is 7.06. The molecule has 0 fully saturated rings. The molecule has 0 spiro atoms. The first-order valence-corrected chi connectivity index (χ1v) is 13.1. The molecule has 5 rings (SSSR count). The number of aromatic nitrogens is 1. The van der Waals surface area contributed by atoms with E-state index in [1.807, 2.05) is 54.6 Å². The number of pyridine rings is 1. The van der Waals surface area contributed by atoms with Gasteiger partial charge in [0.25, 0.3) is 0 Å². The zero-order chi connectivity index (χ0) is 26.3. The van der Waals surface area contributed by atoms with Crippen molar-refractivity contribution in [3.63, 3.8) is 0 Å². The van der Waals surface area contributed by atoms with Crippen LogP contribution in [0.4, 0.5) is 0 Å². The van der Waals surface area contributed by atoms with Crippen molar-refractivity contribution in [2.75, 3.05) is 13.1 Å². The predicted molar refractivity (Wildman–Crippen MR) is 147 cm³/mol. The molecule has 1 aliphatic heterocycles. The second-order valence-corrected chi connectivity index (χ2v) is 9.72. The third kappa shape index (κ3) is 6.28. The van der Waals surface area contributed by atoms with E-state index in [0.29, 0.717) is 25.1 Å². The summed E-state index contributed by atoms with van der Waals surface area (Å²) in [6.45, 7) is 1.09. The fourth-order valence-electron chi connectivity index (χ4n) is 4.95. The lowest BCUT2D eigenvalue weighted by atomic mass is 9.93. The van der Waals surface area contributed by atoms with Crippen molar-refractivity contribution < 1.29 is 19.7 Å². The molecule has 0 saturated heterocycles. The van der Waals surface area contributed by atoms with E-state index in [2.05, 4.69) is 28.5 Å². The van der Waals surface area contributed by atoms with Crippen LogP contribution >= 0.6 is 0 Å². The lowest BCUT2D eigenvalue weighted by Crippen LogP contribution is -2.36. The Morgan fingerprint density at radius 2 is 1.82 bits per heavy atom. The maximum Gasteiger partial charge on any atom is 0.335 e. The quantitative estimate of drug-likeness (QED) is 0.271. The van der Waals surface area contributed by atoms with Gasteiger partial charge >= 0.3 is 5.97 Å². The number of carboxylic acid groups (broad SMARTS) is 1. The van der Waals surface area contributed by atoms with E-state index in [0.717, 1.165) is 52.8 Å². The highest BCUT2D eigenvalue weighted by Gasteiger charge is 2.21. The van der Waals surface area contributed by atoms with Crippen molar-refractivity contribution in [2.24, 2.45) is 0 Å². The summed E-state index contributed by atoms with van der Waals surface area (Å²) in [7, 11) is 0. The topological polar surface area (TPSA) is 91.7 Å². The Balaban J connectivity index is 1.23. The number of fused-ring (bicyclic) bond motifs is 1. The molecular formula is C32H32N2O4. The molecule has 1 aliphatic rings. The summed E-state index contributed by atoms with van der Waals surface area (Å²) in [6.07, 6.45) is 6.04. The maximum absolute atomic E-state index is 11.8. The molecule has 1 aromatic heterocycles. The molecule has 194 valence electrons. The largest absolute Gasteiger partial charge is 0.489 e. The first-order valence-electron chi connectivity index (χ1n) is 13.1. The van der Waals surface area contributed by atoms with Gasteiger partial charge in [0.1, 0.15) is 11.9 Å². The summed E-state index contributed by atoms with van der Waals surface area (Å²) < 4.78 is 6.24. The first kappa shape index (κ1) is 25.6. The Labute approximate surface area is 223 Å². The number of carboxylic acids is 1. The molecule has 2 atom stereocenters. The molecule has 2 heterocycles. The highest BCUT2D eigenvalue weighted by atomic mass is 16.5. The number of nitrogens with zero attached hydrogens (tertiary/aromatic N) is 1. The molecule has 4 aromatic rings. The predicted octanol–water partition coefficient (Wildman–Crippen LogP) is 5.25. The zero-order valence-corrected chi connectivity index (χ0v) is 21.2. The number of carbonyl (C=O) groups is 1. The van der Waals surface area contributed by atoms with E-state index >= 15 is 0 Å². The van der Waals surface area contributed by atoms with Crippen LogP contribution in [-0.2, 0) is 19.3 Å². The fourth-order valence-corrected chi connectivity index (χ4v) is 4.95. The molecule has 0 amide bonds. The summed E-state index contributed by atoms with van der Waals surface area (Å²) >= 11 is 0. The van der Waals surface area contributed by atoms with Gasteiger partial charge in [-0.2, -0.15) is 0 Å². The molecule has 6 nitrogen and oxygen atoms in total. The molecule has 3 N–H and O–H groups in total. The van der Waals surface area contributed by atoms with Gasteiger partial charge in [0.05, 0.1) is 11.7 Å². The molecular weight excluding hydrogens is 476 g/mol. The van der Waals surface area contributed by atoms with Crippen LogP contribution in [0.25, 0.3) is 11.1 Å². The summed E-state index contributed by atoms with van der Waals surface area (Å²) in [5.41, 5.74) is 6.40. The molecule has 2 unspecified atom stereocenters. The zero-order valence-electron chi connectivity index (χ0n) is 21.2. The van der Waals surface area contributed by atoms with E-state index < -0.39 is 12.1 Å². The summed E-state index contributed by atoms with van der Waals surface area (Å²) in [5, 5.41) is 23.4. The average Bonchev–Trinajstić information content (AvgIpc) is 2.96. The van der Waals surface area contributed by atoms with Crippen LogP contribution in [0.1, 0.15) is 45.1 Å². The Bertz CT molecular complexity index is 1380. The minimum absolute atomic E-state index is 0.0360. The second-order valence-electron chi connectivity index (χ2n) is 9.72. The molecule has 0 bridgehead atoms. The molecule has 38 heavy (non-hydrogen) atoms. The van der Waals surface area contributed by atoms with Gasteiger partial charge in [-0.1, -0.05) is 54.6 Å². The van der Waals surface area contributed by atoms with Crippen LogP contribution in [0.5, 0.6) is 5.75 Å². The number of aromatic carboxylic acids is 1. The molecule has 6 heteroatoms. The van der Waals surface area contributed by atoms with Crippen molar-refractivity contribution in [3.05, 3.63) is 119 Å². The van der Waals surface area contributed by atoms with Crippen LogP contribution in [0, 0.1) is 0 Å². The van der Waals surface area contributed by atoms with Crippen molar-refractivity contribution in [2.45, 2.75) is 37.9 Å². The van der Waals surface area contributed by atoms with E-state index in [1.165, 1.54) is 5.56 Å². The highest BCUT2D eigenvalue weighted by molar-refractivity contribution is 5.90. The monoisotopic (exact) mass is 508 g/mol. The van der Waals surface area contributed by atoms with Gasteiger partial charge in [0.15, 0.2) is 0 Å². The Kier molecular flexibility index (Phi) is 8.12. The normalized spacial score (nSPS) is 15.3. The van der Waals surface area contributed by atoms with Crippen LogP contribution in [0.2, 0.25) is 0 Å². The van der Waals surface area contributed by atoms with Crippen molar-refractivity contribution in [1.82, 2.24) is 10.3 Å². The fraction of sp³-hybridized carbons (Fsp3) is 0.250. The molecule has 0 radical (unpaired) electrons. The summed E-state index contributed by atoms with van der Waals surface area (Å²) in [4.78, 5) is 15.9. The highest BCUT2D eigenvalue weighted by Crippen LogP contribution is 2.33. The average molecular weight is 509 g/mol. The lowest BCUT2D eigenvalue weighted by Gasteiger charge is -2.27. The Morgan fingerprint density at radius 1 is 1.00 bits per heavy atom. The summed E-state index contributed by atoms with van der Waals surface area (Å²) in [5.74, 6) is -0.0166. The van der Waals surface area contributed by atoms with Gasteiger partial charge in [0, 0.05) is 31.0 Å². The van der Waals surface area contributed by atoms with Gasteiger partial charge in [0.2, 0.25) is 0 Å². The van der Waals surface area contributed by atoms with Gasteiger partial charge in [-0.15, -0.1) is 0 Å². The number of nitrogens with one attached hydrogen (secondary N) is 1. The van der Waals surface area contributed by atoms with Gasteiger partial charge in [-0.05, 0) is 77.8 Å². The second kappa shape index (κ2) is 12.0. The molecule has 3 aromatic carbocycles. The summed E-state index contributed by atoms with van der Waals surface area (Å²) in [6, 6.07) is 25.6. The maximum atomic E-state index is 11.8. The SMILES string of the molecule is O=C(O)c1ccc(-c2ccc3c(c2)CCC(CNCC(O)c2cccnc2)O3)cc1CCc1ccccc1. The minimum atomic E-state index is -0.897. The van der Waals surface area contributed by atoms with Crippen molar-refractivity contribution in [3.8, 4) is 16.9 Å². The van der Waals surface area contributed by atoms with Gasteiger partial charge in [-0.25, -0.2) is 4.79 Å². The Morgan fingerprint density at radius 3 is 2.61 bits per heavy atom. The number of aryl methyl sites for hydroxylation is 3. The lowest BCUT2D eigenvalue weighted by molar-refractivity contribution is 0.0695. The van der Waals surface area contributed by atoms with Gasteiger partial charge in [-0.3, -0.25) is 4.98 Å². The number of rotatable bonds is 10. The van der Waals surface area contributed by atoms with Crippen LogP contribution in [0.15, 0.2) is 91.3 Å². The van der Waals surface area contributed by atoms with Crippen molar-refractivity contribution >= 4 is 5.97 Å². The van der Waals surface area contributed by atoms with Crippen LogP contribution in [-0.4, -0.2) is 40.4 Å². The number of hydrogen-bond acceptors (Lipinski definition) is 5. The Hall–Kier alpha value is -4.00. The molecule has 0 saturated carbocycles. The number of hydrogen-bond donors (Lipinski definition) is 3. The third-order valence-corrected chi connectivity index (χ3v) is 7.06. The van der Waals surface area contributed by atoms with Crippen LogP contribution in [0.3, 0.4) is 0 Å². The van der Waals surface area contributed by atoms with Crippen molar-refractivity contribution in [1.29, 1.82) is 0 Å². The van der Waals surface area contributed by atoms with E-state index in [9.17, 15) is 15.0 Å². The van der Waals surface area contributed by atoms with E-state index in [-0.39, 0.29) is 6.10 Å². The molecule has 0 aliphatic carbocycles. The standard InChI is InChI=1S/C32H32N2O4/c35-30(27-7-4-16-33-19-27)21-34-20-28-13-10-26-18-24(12-15-31(26)38-28)23-11-14-29(32(36)37)25(17-23)9-8-22-5-2-1-3-6-22/h1-7,11-12,14-19,28,30,34-35H,8-10,13,20-21H2,(H,36,37). The van der Waals surface area contributed by atoms with E-state index in [4.69, 9.17) is 4.74 Å².